The molecule has 2 rings (SSSR count). The smallest absolute Gasteiger partial charge is 0.244 e. The van der Waals surface area contributed by atoms with Crippen LogP contribution in [0.15, 0.2) is 48.5 Å². The second-order valence-electron chi connectivity index (χ2n) is 8.20. The summed E-state index contributed by atoms with van der Waals surface area (Å²) in [5, 5.41) is 3.30. The minimum absolute atomic E-state index is 0.0455. The maximum absolute atomic E-state index is 13.4. The molecule has 1 N–H and O–H groups in total. The van der Waals surface area contributed by atoms with Crippen LogP contribution in [0.4, 0.5) is 5.69 Å². The molecule has 0 unspecified atom stereocenters. The van der Waals surface area contributed by atoms with Crippen molar-refractivity contribution in [1.29, 1.82) is 0 Å². The lowest BCUT2D eigenvalue weighted by molar-refractivity contribution is -0.139. The molecule has 0 aromatic heterocycles. The molecule has 0 radical (unpaired) electrons. The highest BCUT2D eigenvalue weighted by atomic mass is 35.5. The van der Waals surface area contributed by atoms with E-state index in [-0.39, 0.29) is 24.2 Å². The number of carbonyl (C=O) groups is 2. The number of aryl methyl sites for hydroxylation is 1. The molecule has 33 heavy (non-hydrogen) atoms. The zero-order valence-electron chi connectivity index (χ0n) is 19.7. The Morgan fingerprint density at radius 1 is 1.09 bits per heavy atom. The number of anilines is 1. The highest BCUT2D eigenvalue weighted by molar-refractivity contribution is 7.92. The zero-order valence-corrected chi connectivity index (χ0v) is 21.3. The van der Waals surface area contributed by atoms with Gasteiger partial charge in [-0.05, 0) is 50.5 Å². The van der Waals surface area contributed by atoms with Crippen molar-refractivity contribution >= 4 is 39.1 Å². The summed E-state index contributed by atoms with van der Waals surface area (Å²) in [6.07, 6.45) is 1.79. The van der Waals surface area contributed by atoms with Crippen LogP contribution in [0, 0.1) is 6.92 Å². The quantitative estimate of drug-likeness (QED) is 0.546. The number of halogens is 1. The van der Waals surface area contributed by atoms with Crippen molar-refractivity contribution in [3.63, 3.8) is 0 Å². The van der Waals surface area contributed by atoms with E-state index < -0.39 is 28.5 Å². The van der Waals surface area contributed by atoms with Crippen LogP contribution in [0.2, 0.25) is 5.02 Å². The van der Waals surface area contributed by atoms with Gasteiger partial charge in [-0.3, -0.25) is 13.9 Å². The van der Waals surface area contributed by atoms with Gasteiger partial charge in [0.1, 0.15) is 12.6 Å². The fraction of sp³-hybridized carbons (Fsp3) is 0.417. The van der Waals surface area contributed by atoms with Crippen molar-refractivity contribution in [2.75, 3.05) is 17.1 Å². The molecule has 0 aliphatic heterocycles. The van der Waals surface area contributed by atoms with E-state index in [9.17, 15) is 18.0 Å². The number of nitrogens with zero attached hydrogens (tertiary/aromatic N) is 2. The number of hydrogen-bond acceptors (Lipinski definition) is 4. The van der Waals surface area contributed by atoms with Crippen LogP contribution < -0.4 is 9.62 Å². The van der Waals surface area contributed by atoms with E-state index in [0.717, 1.165) is 28.1 Å². The number of rotatable bonds is 10. The number of hydrogen-bond donors (Lipinski definition) is 1. The van der Waals surface area contributed by atoms with Crippen molar-refractivity contribution in [2.24, 2.45) is 0 Å². The third-order valence-electron chi connectivity index (χ3n) is 5.49. The number of sulfonamides is 1. The topological polar surface area (TPSA) is 86.8 Å². The minimum Gasteiger partial charge on any atom is -0.352 e. The average molecular weight is 494 g/mol. The highest BCUT2D eigenvalue weighted by Gasteiger charge is 2.30. The predicted octanol–water partition coefficient (Wildman–Crippen LogP) is 3.75. The standard InChI is InChI=1S/C24H32ClN3O4S/c1-6-18(3)26-24(30)19(4)27(15-20-10-8-7-9-11-20)23(29)16-28(33(5,31)32)21-13-12-17(2)22(25)14-21/h7-14,18-19H,6,15-16H2,1-5H3,(H,26,30)/t18-,19-/m0/s1. The molecule has 0 aliphatic rings. The first-order valence-corrected chi connectivity index (χ1v) is 13.0. The second kappa shape index (κ2) is 11.5. The van der Waals surface area contributed by atoms with Crippen LogP contribution in [0.25, 0.3) is 0 Å². The fourth-order valence-electron chi connectivity index (χ4n) is 3.18. The van der Waals surface area contributed by atoms with Crippen molar-refractivity contribution in [1.82, 2.24) is 10.2 Å². The first-order chi connectivity index (χ1) is 15.4. The molecular formula is C24H32ClN3O4S. The Hall–Kier alpha value is -2.58. The Morgan fingerprint density at radius 2 is 1.73 bits per heavy atom. The van der Waals surface area contributed by atoms with E-state index in [0.29, 0.717) is 5.02 Å². The number of carbonyl (C=O) groups excluding carboxylic acids is 2. The molecule has 0 fully saturated rings. The van der Waals surface area contributed by atoms with Crippen molar-refractivity contribution in [3.8, 4) is 0 Å². The van der Waals surface area contributed by atoms with Crippen LogP contribution in [0.1, 0.15) is 38.3 Å². The maximum atomic E-state index is 13.4. The molecular weight excluding hydrogens is 462 g/mol. The van der Waals surface area contributed by atoms with Crippen LogP contribution in [0.5, 0.6) is 0 Å². The lowest BCUT2D eigenvalue weighted by atomic mass is 10.1. The van der Waals surface area contributed by atoms with E-state index >= 15 is 0 Å². The minimum atomic E-state index is -3.79. The Balaban J connectivity index is 2.38. The molecule has 180 valence electrons. The zero-order chi connectivity index (χ0) is 24.8. The van der Waals surface area contributed by atoms with Crippen molar-refractivity contribution in [3.05, 3.63) is 64.7 Å². The van der Waals surface area contributed by atoms with E-state index in [1.54, 1.807) is 26.0 Å². The number of amides is 2. The summed E-state index contributed by atoms with van der Waals surface area (Å²) in [6, 6.07) is 13.2. The monoisotopic (exact) mass is 493 g/mol. The average Bonchev–Trinajstić information content (AvgIpc) is 2.76. The van der Waals surface area contributed by atoms with Crippen LogP contribution in [-0.4, -0.2) is 50.0 Å². The van der Waals surface area contributed by atoms with Gasteiger partial charge in [-0.15, -0.1) is 0 Å². The van der Waals surface area contributed by atoms with Gasteiger partial charge < -0.3 is 10.2 Å². The molecule has 2 amide bonds. The van der Waals surface area contributed by atoms with E-state index in [4.69, 9.17) is 11.6 Å². The molecule has 0 aliphatic carbocycles. The molecule has 0 spiro atoms. The van der Waals surface area contributed by atoms with Crippen molar-refractivity contribution < 1.29 is 18.0 Å². The van der Waals surface area contributed by atoms with Gasteiger partial charge in [-0.2, -0.15) is 0 Å². The van der Waals surface area contributed by atoms with E-state index in [1.165, 1.54) is 11.0 Å². The van der Waals surface area contributed by atoms with Crippen molar-refractivity contribution in [2.45, 2.75) is 52.7 Å². The Bertz CT molecular complexity index is 1080. The third-order valence-corrected chi connectivity index (χ3v) is 7.03. The molecule has 0 saturated heterocycles. The molecule has 0 bridgehead atoms. The summed E-state index contributed by atoms with van der Waals surface area (Å²) in [5.74, 6) is -0.786. The summed E-state index contributed by atoms with van der Waals surface area (Å²) in [5.41, 5.74) is 1.91. The van der Waals surface area contributed by atoms with E-state index in [2.05, 4.69) is 5.32 Å². The molecule has 0 saturated carbocycles. The fourth-order valence-corrected chi connectivity index (χ4v) is 4.20. The normalized spacial score (nSPS) is 13.2. The first-order valence-electron chi connectivity index (χ1n) is 10.8. The summed E-state index contributed by atoms with van der Waals surface area (Å²) in [6.45, 7) is 7.01. The van der Waals surface area contributed by atoms with Crippen LogP contribution >= 0.6 is 11.6 Å². The number of benzene rings is 2. The van der Waals surface area contributed by atoms with Gasteiger partial charge in [0.25, 0.3) is 0 Å². The first kappa shape index (κ1) is 26.7. The SMILES string of the molecule is CC[C@H](C)NC(=O)[C@H](C)N(Cc1ccccc1)C(=O)CN(c1ccc(C)c(Cl)c1)S(C)(=O)=O. The maximum Gasteiger partial charge on any atom is 0.244 e. The summed E-state index contributed by atoms with van der Waals surface area (Å²) in [4.78, 5) is 27.7. The Kier molecular flexibility index (Phi) is 9.31. The molecule has 2 aromatic carbocycles. The van der Waals surface area contributed by atoms with Gasteiger partial charge >= 0.3 is 0 Å². The van der Waals surface area contributed by atoms with Gasteiger partial charge in [-0.1, -0.05) is 54.9 Å². The summed E-state index contributed by atoms with van der Waals surface area (Å²) >= 11 is 6.20. The molecule has 2 aromatic rings. The summed E-state index contributed by atoms with van der Waals surface area (Å²) < 4.78 is 26.1. The van der Waals surface area contributed by atoms with E-state index in [1.807, 2.05) is 44.2 Å². The number of nitrogens with one attached hydrogen (secondary N) is 1. The van der Waals surface area contributed by atoms with Gasteiger partial charge in [0, 0.05) is 17.6 Å². The summed E-state index contributed by atoms with van der Waals surface area (Å²) in [7, 11) is -3.79. The molecule has 0 heterocycles. The molecule has 2 atom stereocenters. The highest BCUT2D eigenvalue weighted by Crippen LogP contribution is 2.25. The molecule has 7 nitrogen and oxygen atoms in total. The largest absolute Gasteiger partial charge is 0.352 e. The van der Waals surface area contributed by atoms with Gasteiger partial charge in [0.05, 0.1) is 11.9 Å². The Labute approximate surface area is 201 Å². The lowest BCUT2D eigenvalue weighted by Gasteiger charge is -2.32. The van der Waals surface area contributed by atoms with Gasteiger partial charge in [0.15, 0.2) is 0 Å². The second-order valence-corrected chi connectivity index (χ2v) is 10.5. The van der Waals surface area contributed by atoms with Gasteiger partial charge in [0.2, 0.25) is 21.8 Å². The Morgan fingerprint density at radius 3 is 2.27 bits per heavy atom. The molecule has 9 heteroatoms. The van der Waals surface area contributed by atoms with Crippen LogP contribution in [0.3, 0.4) is 0 Å². The van der Waals surface area contributed by atoms with Gasteiger partial charge in [-0.25, -0.2) is 8.42 Å². The van der Waals surface area contributed by atoms with Crippen LogP contribution in [-0.2, 0) is 26.2 Å². The lowest BCUT2D eigenvalue weighted by Crippen LogP contribution is -2.52. The third kappa shape index (κ3) is 7.47. The predicted molar refractivity (Wildman–Crippen MR) is 133 cm³/mol.